The molecule has 0 radical (unpaired) electrons. The third-order valence-corrected chi connectivity index (χ3v) is 8.52. The Hall–Kier alpha value is -1.53. The standard InChI is InChI=1S/C21H25.C11H17.C8H8.2ClH.Zr/c1-20(2,3)16-7-9-18-14(12-16)11-15-13-17(21(4,5)6)8-10-19(15)18;1-5-9-6-7-10(8-9)11(2,3)4;1-2-8-6-4-3-5-7-8;;;/h7-10,12H,11H2,1-6H3;7-9H,5H2,1-4H3;3-7H,1H3;2*1H;/q2*-1;;;;+2/p-2. The summed E-state index contributed by atoms with van der Waals surface area (Å²) >= 11 is 1.51. The van der Waals surface area contributed by atoms with E-state index in [4.69, 9.17) is 0 Å². The van der Waals surface area contributed by atoms with E-state index in [-0.39, 0.29) is 35.6 Å². The molecule has 0 aromatic heterocycles. The van der Waals surface area contributed by atoms with Gasteiger partial charge in [0.2, 0.25) is 0 Å². The molecular formula is C40H50Cl2Zr-2. The number of hydrogen-bond donors (Lipinski definition) is 0. The van der Waals surface area contributed by atoms with Crippen molar-refractivity contribution in [3.63, 3.8) is 0 Å². The van der Waals surface area contributed by atoms with Crippen molar-refractivity contribution in [2.24, 2.45) is 11.3 Å². The first-order valence-corrected chi connectivity index (χ1v) is 16.3. The quantitative estimate of drug-likeness (QED) is 0.265. The summed E-state index contributed by atoms with van der Waals surface area (Å²) in [6.07, 6.45) is 10.0. The smallest absolute Gasteiger partial charge is 1.00 e. The van der Waals surface area contributed by atoms with Gasteiger partial charge in [-0.1, -0.05) is 111 Å². The van der Waals surface area contributed by atoms with Gasteiger partial charge in [-0.2, -0.15) is 35.4 Å². The van der Waals surface area contributed by atoms with Crippen LogP contribution >= 0.6 is 0 Å². The molecule has 0 N–H and O–H groups in total. The number of benzene rings is 3. The molecular weight excluding hydrogens is 643 g/mol. The third-order valence-electron chi connectivity index (χ3n) is 7.81. The van der Waals surface area contributed by atoms with Gasteiger partial charge < -0.3 is 24.8 Å². The van der Waals surface area contributed by atoms with Gasteiger partial charge in [-0.3, -0.25) is 6.08 Å². The number of allylic oxidation sites excluding steroid dienone is 4. The van der Waals surface area contributed by atoms with Crippen LogP contribution in [0, 0.1) is 23.5 Å². The fourth-order valence-electron chi connectivity index (χ4n) is 4.93. The van der Waals surface area contributed by atoms with Crippen molar-refractivity contribution in [2.75, 3.05) is 0 Å². The zero-order chi connectivity index (χ0) is 30.6. The van der Waals surface area contributed by atoms with E-state index in [2.05, 4.69) is 155 Å². The van der Waals surface area contributed by atoms with Gasteiger partial charge in [0.05, 0.1) is 0 Å². The molecule has 0 aliphatic heterocycles. The van der Waals surface area contributed by atoms with E-state index in [1.54, 1.807) is 0 Å². The number of hydrogen-bond acceptors (Lipinski definition) is 0. The van der Waals surface area contributed by atoms with Crippen molar-refractivity contribution < 1.29 is 49.0 Å². The van der Waals surface area contributed by atoms with Crippen molar-refractivity contribution >= 4 is 3.21 Å². The molecule has 0 saturated carbocycles. The average Bonchev–Trinajstić information content (AvgIpc) is 3.53. The van der Waals surface area contributed by atoms with E-state index in [0.717, 1.165) is 6.42 Å². The molecule has 0 heterocycles. The minimum atomic E-state index is 0. The Labute approximate surface area is 291 Å². The Bertz CT molecular complexity index is 1350. The number of fused-ring (bicyclic) bond motifs is 3. The normalized spacial score (nSPS) is 14.9. The van der Waals surface area contributed by atoms with Crippen molar-refractivity contribution in [1.82, 2.24) is 0 Å². The molecule has 2 aliphatic carbocycles. The maximum atomic E-state index is 3.67. The molecule has 0 nitrogen and oxygen atoms in total. The second-order valence-electron chi connectivity index (χ2n) is 14.5. The molecule has 0 bridgehead atoms. The molecule has 0 spiro atoms. The van der Waals surface area contributed by atoms with E-state index in [0.29, 0.717) is 11.3 Å². The van der Waals surface area contributed by atoms with Crippen LogP contribution in [0.15, 0.2) is 78.4 Å². The fourth-order valence-corrected chi connectivity index (χ4v) is 5.34. The summed E-state index contributed by atoms with van der Waals surface area (Å²) in [7, 11) is 0. The monoisotopic (exact) mass is 690 g/mol. The van der Waals surface area contributed by atoms with E-state index >= 15 is 0 Å². The first-order valence-electron chi connectivity index (χ1n) is 15.1. The zero-order valence-electron chi connectivity index (χ0n) is 28.2. The molecule has 0 saturated heterocycles. The van der Waals surface area contributed by atoms with Crippen LogP contribution in [-0.2, 0) is 41.5 Å². The van der Waals surface area contributed by atoms with Crippen molar-refractivity contribution in [2.45, 2.75) is 99.8 Å². The molecule has 0 fully saturated rings. The van der Waals surface area contributed by atoms with Gasteiger partial charge in [-0.05, 0) is 28.4 Å². The average molecular weight is 693 g/mol. The van der Waals surface area contributed by atoms with E-state index in [9.17, 15) is 0 Å². The molecule has 3 aromatic carbocycles. The molecule has 43 heavy (non-hydrogen) atoms. The van der Waals surface area contributed by atoms with Gasteiger partial charge in [0.25, 0.3) is 0 Å². The minimum absolute atomic E-state index is 0. The van der Waals surface area contributed by atoms with E-state index in [1.165, 1.54) is 78.4 Å². The Morgan fingerprint density at radius 3 is 1.84 bits per heavy atom. The second-order valence-corrected chi connectivity index (χ2v) is 16.3. The minimum Gasteiger partial charge on any atom is -1.00 e. The van der Waals surface area contributed by atoms with Crippen LogP contribution in [0.25, 0.3) is 11.1 Å². The molecule has 5 rings (SSSR count). The van der Waals surface area contributed by atoms with Gasteiger partial charge in [0.1, 0.15) is 0 Å². The predicted molar refractivity (Wildman–Crippen MR) is 176 cm³/mol. The van der Waals surface area contributed by atoms with E-state index in [1.807, 2.05) is 6.07 Å². The summed E-state index contributed by atoms with van der Waals surface area (Å²) in [6, 6.07) is 25.6. The third kappa shape index (κ3) is 11.1. The predicted octanol–water partition coefficient (Wildman–Crippen LogP) is 4.79. The van der Waals surface area contributed by atoms with Gasteiger partial charge in [0.15, 0.2) is 0 Å². The first-order chi connectivity index (χ1) is 19.0. The second kappa shape index (κ2) is 16.2. The molecule has 0 amide bonds. The van der Waals surface area contributed by atoms with Crippen LogP contribution in [0.2, 0.25) is 0 Å². The number of rotatable bonds is 2. The van der Waals surface area contributed by atoms with Crippen molar-refractivity contribution in [3.05, 3.63) is 118 Å². The van der Waals surface area contributed by atoms with Crippen LogP contribution in [-0.4, -0.2) is 3.21 Å². The summed E-state index contributed by atoms with van der Waals surface area (Å²) in [5, 5.41) is 0. The SMILES string of the molecule is CC(C)(C)c1[c-]c2c(cc1)-c1ccc(C(C)(C)C)cc1C2.CCC1[C-]=CC(C(C)(C)C)=C1.C[C](=[Zr+2])c1ccccc1.[Cl-].[Cl-]. The van der Waals surface area contributed by atoms with Crippen LogP contribution in [0.1, 0.15) is 110 Å². The Morgan fingerprint density at radius 2 is 1.40 bits per heavy atom. The molecule has 3 aromatic rings. The van der Waals surface area contributed by atoms with Crippen LogP contribution < -0.4 is 24.8 Å². The summed E-state index contributed by atoms with van der Waals surface area (Å²) in [5.41, 5.74) is 11.8. The zero-order valence-corrected chi connectivity index (χ0v) is 32.1. The summed E-state index contributed by atoms with van der Waals surface area (Å²) < 4.78 is 1.46. The van der Waals surface area contributed by atoms with Crippen molar-refractivity contribution in [3.8, 4) is 11.1 Å². The summed E-state index contributed by atoms with van der Waals surface area (Å²) in [4.78, 5) is 0. The van der Waals surface area contributed by atoms with Crippen molar-refractivity contribution in [1.29, 1.82) is 0 Å². The molecule has 1 atom stereocenters. The molecule has 230 valence electrons. The molecule has 3 heteroatoms. The maximum Gasteiger partial charge on any atom is -1.00 e. The Kier molecular flexibility index (Phi) is 14.8. The molecule has 2 aliphatic rings. The van der Waals surface area contributed by atoms with Gasteiger partial charge >= 0.3 is 70.3 Å². The van der Waals surface area contributed by atoms with E-state index < -0.39 is 0 Å². The maximum absolute atomic E-state index is 3.67. The Balaban J connectivity index is 0.000000356. The summed E-state index contributed by atoms with van der Waals surface area (Å²) in [5.74, 6) is 0.573. The first kappa shape index (κ1) is 39.5. The van der Waals surface area contributed by atoms with Crippen LogP contribution in [0.4, 0.5) is 0 Å². The fraction of sp³-hybridized carbons (Fsp3) is 0.425. The Morgan fingerprint density at radius 1 is 0.791 bits per heavy atom. The van der Waals surface area contributed by atoms with Gasteiger partial charge in [-0.15, -0.1) is 11.1 Å². The van der Waals surface area contributed by atoms with Crippen LogP contribution in [0.5, 0.6) is 0 Å². The topological polar surface area (TPSA) is 0 Å². The van der Waals surface area contributed by atoms with Crippen LogP contribution in [0.3, 0.4) is 0 Å². The van der Waals surface area contributed by atoms with Gasteiger partial charge in [0, 0.05) is 0 Å². The summed E-state index contributed by atoms with van der Waals surface area (Å²) in [6.45, 7) is 24.7. The van der Waals surface area contributed by atoms with Gasteiger partial charge in [-0.25, -0.2) is 6.08 Å². The largest absolute Gasteiger partial charge is 1.00 e. The molecule has 1 unspecified atom stereocenters. The number of halogens is 2.